The summed E-state index contributed by atoms with van der Waals surface area (Å²) in [6, 6.07) is 62.8. The van der Waals surface area contributed by atoms with Crippen LogP contribution in [0.15, 0.2) is 189 Å². The molecule has 0 heteroatoms. The lowest BCUT2D eigenvalue weighted by molar-refractivity contribution is 1.32. The van der Waals surface area contributed by atoms with Crippen molar-refractivity contribution in [2.75, 3.05) is 0 Å². The highest BCUT2D eigenvalue weighted by atomic mass is 14.3. The summed E-state index contributed by atoms with van der Waals surface area (Å²) in [7, 11) is 0. The summed E-state index contributed by atoms with van der Waals surface area (Å²) >= 11 is 0. The number of benzene rings is 10. The fraction of sp³-hybridized carbons (Fsp3) is 0.0169. The largest absolute Gasteiger partial charge is 0.0990 e. The van der Waals surface area contributed by atoms with Crippen LogP contribution in [-0.2, 0) is 6.42 Å². The number of allylic oxidation sites excluding steroid dienone is 2. The molecule has 0 saturated carbocycles. The molecule has 0 saturated heterocycles. The molecule has 0 aromatic heterocycles. The second kappa shape index (κ2) is 13.3. The van der Waals surface area contributed by atoms with Gasteiger partial charge in [0.25, 0.3) is 0 Å². The van der Waals surface area contributed by atoms with E-state index in [0.717, 1.165) is 6.42 Å². The smallest absolute Gasteiger partial charge is 0.000718 e. The number of hydrogen-bond acceptors (Lipinski definition) is 0. The van der Waals surface area contributed by atoms with Gasteiger partial charge in [-0.15, -0.1) is 0 Å². The highest BCUT2D eigenvalue weighted by molar-refractivity contribution is 6.32. The molecule has 0 fully saturated rings. The third-order valence-corrected chi connectivity index (χ3v) is 12.8. The van der Waals surface area contributed by atoms with Crippen LogP contribution in [0, 0.1) is 0 Å². The van der Waals surface area contributed by atoms with Crippen LogP contribution >= 0.6 is 0 Å². The van der Waals surface area contributed by atoms with Gasteiger partial charge in [0.05, 0.1) is 0 Å². The van der Waals surface area contributed by atoms with Crippen molar-refractivity contribution in [1.82, 2.24) is 0 Å². The fourth-order valence-corrected chi connectivity index (χ4v) is 10.4. The van der Waals surface area contributed by atoms with Gasteiger partial charge in [-0.2, -0.15) is 0 Å². The monoisotopic (exact) mass is 746 g/mol. The van der Waals surface area contributed by atoms with E-state index in [1.54, 1.807) is 0 Å². The first kappa shape index (κ1) is 33.6. The van der Waals surface area contributed by atoms with Gasteiger partial charge in [-0.05, 0) is 132 Å². The van der Waals surface area contributed by atoms with Crippen molar-refractivity contribution in [3.8, 4) is 55.6 Å². The van der Waals surface area contributed by atoms with Crippen molar-refractivity contribution in [2.45, 2.75) is 6.42 Å². The molecule has 0 heterocycles. The van der Waals surface area contributed by atoms with Gasteiger partial charge in [0.2, 0.25) is 0 Å². The molecule has 12 rings (SSSR count). The normalized spacial score (nSPS) is 14.7. The summed E-state index contributed by atoms with van der Waals surface area (Å²) in [6.07, 6.45) is 14.4. The Kier molecular flexibility index (Phi) is 7.55. The Hall–Kier alpha value is -7.54. The molecule has 0 radical (unpaired) electrons. The van der Waals surface area contributed by atoms with Crippen molar-refractivity contribution < 1.29 is 0 Å². The van der Waals surface area contributed by atoms with Crippen LogP contribution in [0.25, 0.3) is 123 Å². The summed E-state index contributed by atoms with van der Waals surface area (Å²) in [5, 5.41) is 14.0. The first-order chi connectivity index (χ1) is 29.3. The number of hydrogen-bond donors (Lipinski definition) is 0. The molecule has 0 nitrogen and oxygen atoms in total. The third kappa shape index (κ3) is 4.97. The minimum atomic E-state index is 0.836. The van der Waals surface area contributed by atoms with E-state index in [9.17, 15) is 0 Å². The van der Waals surface area contributed by atoms with Gasteiger partial charge in [0.1, 0.15) is 0 Å². The van der Waals surface area contributed by atoms with E-state index in [0.29, 0.717) is 0 Å². The Morgan fingerprint density at radius 1 is 0.424 bits per heavy atom. The van der Waals surface area contributed by atoms with Gasteiger partial charge in [-0.1, -0.05) is 213 Å². The van der Waals surface area contributed by atoms with Gasteiger partial charge in [0, 0.05) is 0 Å². The Bertz CT molecular complexity index is 3620. The van der Waals surface area contributed by atoms with Crippen LogP contribution in [0.4, 0.5) is 0 Å². The molecular formula is C59H38. The van der Waals surface area contributed by atoms with Crippen molar-refractivity contribution in [1.29, 1.82) is 0 Å². The minimum absolute atomic E-state index is 0.836. The Labute approximate surface area is 343 Å². The van der Waals surface area contributed by atoms with Crippen LogP contribution < -0.4 is 15.7 Å². The first-order valence-electron chi connectivity index (χ1n) is 20.6. The van der Waals surface area contributed by atoms with Crippen LogP contribution in [0.5, 0.6) is 0 Å². The topological polar surface area (TPSA) is 0 Å². The van der Waals surface area contributed by atoms with Crippen molar-refractivity contribution >= 4 is 67.4 Å². The van der Waals surface area contributed by atoms with E-state index in [1.165, 1.54) is 126 Å². The zero-order valence-corrected chi connectivity index (χ0v) is 32.5. The SMILES string of the molecule is C=C\C=c1c2/c(c3ccc4c5c(ccc/1c53)-c1c-4c(-c3ccccc3)c3ccccc3c1-c1ccccc1-c1ccccc1)=C\C=C/c1c(ccc3ccccc13)C/C=2. The zero-order valence-electron chi connectivity index (χ0n) is 32.5. The molecule has 59 heavy (non-hydrogen) atoms. The first-order valence-corrected chi connectivity index (χ1v) is 20.6. The summed E-state index contributed by atoms with van der Waals surface area (Å²) in [5.74, 6) is 0. The highest BCUT2D eigenvalue weighted by Gasteiger charge is 2.32. The van der Waals surface area contributed by atoms with E-state index in [4.69, 9.17) is 0 Å². The van der Waals surface area contributed by atoms with E-state index in [1.807, 2.05) is 6.08 Å². The minimum Gasteiger partial charge on any atom is -0.0990 e. The van der Waals surface area contributed by atoms with Crippen LogP contribution in [-0.4, -0.2) is 0 Å². The zero-order chi connectivity index (χ0) is 39.0. The van der Waals surface area contributed by atoms with E-state index in [-0.39, 0.29) is 0 Å². The number of fused-ring (bicyclic) bond motifs is 9. The lowest BCUT2D eigenvalue weighted by Crippen LogP contribution is -2.40. The van der Waals surface area contributed by atoms with Gasteiger partial charge < -0.3 is 0 Å². The Balaban J connectivity index is 1.24. The predicted molar refractivity (Wildman–Crippen MR) is 254 cm³/mol. The molecule has 0 aliphatic heterocycles. The molecule has 0 unspecified atom stereocenters. The Morgan fingerprint density at radius 2 is 1.05 bits per heavy atom. The summed E-state index contributed by atoms with van der Waals surface area (Å²) < 4.78 is 0. The summed E-state index contributed by atoms with van der Waals surface area (Å²) in [4.78, 5) is 0. The van der Waals surface area contributed by atoms with E-state index >= 15 is 0 Å². The van der Waals surface area contributed by atoms with Crippen LogP contribution in [0.1, 0.15) is 11.1 Å². The molecule has 274 valence electrons. The average Bonchev–Trinajstić information content (AvgIpc) is 3.67. The van der Waals surface area contributed by atoms with Gasteiger partial charge in [-0.3, -0.25) is 0 Å². The molecule has 0 spiro atoms. The van der Waals surface area contributed by atoms with E-state index in [2.05, 4.69) is 207 Å². The van der Waals surface area contributed by atoms with E-state index < -0.39 is 0 Å². The predicted octanol–water partition coefficient (Wildman–Crippen LogP) is 13.5. The standard InChI is InChI=1S/C59H38/c1-2-16-44-46-32-31-39-30-29-38-19-9-10-22-41(38)42(39)27-15-28-45(46)51-34-35-52-57-53(36-33-50(44)55(51)57)59-56(47-24-12-11-23-43(47)37-17-5-3-6-18-37)49-26-14-13-25-48(49)54(58(52)59)40-20-7-4-8-21-40/h2-30,32-36H,1,31H2/b27-15-,44-16+,45-28+,46-32+. The maximum atomic E-state index is 4.24. The molecule has 0 amide bonds. The maximum absolute atomic E-state index is 4.24. The number of rotatable bonds is 4. The molecule has 10 aromatic carbocycles. The second-order valence-corrected chi connectivity index (χ2v) is 15.8. The average molecular weight is 747 g/mol. The molecule has 0 atom stereocenters. The lowest BCUT2D eigenvalue weighted by atomic mass is 9.81. The maximum Gasteiger partial charge on any atom is -0.000718 e. The van der Waals surface area contributed by atoms with Crippen molar-refractivity contribution in [3.05, 3.63) is 215 Å². The van der Waals surface area contributed by atoms with Crippen molar-refractivity contribution in [2.24, 2.45) is 0 Å². The molecule has 0 N–H and O–H groups in total. The van der Waals surface area contributed by atoms with Crippen LogP contribution in [0.3, 0.4) is 0 Å². The third-order valence-electron chi connectivity index (χ3n) is 12.8. The Morgan fingerprint density at radius 3 is 1.81 bits per heavy atom. The summed E-state index contributed by atoms with van der Waals surface area (Å²) in [6.45, 7) is 4.24. The molecule has 2 aliphatic rings. The van der Waals surface area contributed by atoms with Gasteiger partial charge >= 0.3 is 0 Å². The second-order valence-electron chi connectivity index (χ2n) is 15.8. The highest BCUT2D eigenvalue weighted by Crippen LogP contribution is 2.59. The fourth-order valence-electron chi connectivity index (χ4n) is 10.4. The molecule has 0 bridgehead atoms. The van der Waals surface area contributed by atoms with Gasteiger partial charge in [0.15, 0.2) is 0 Å². The van der Waals surface area contributed by atoms with Crippen LogP contribution in [0.2, 0.25) is 0 Å². The molecular weight excluding hydrogens is 709 g/mol. The lowest BCUT2D eigenvalue weighted by Gasteiger charge is -2.22. The molecule has 10 aromatic rings. The van der Waals surface area contributed by atoms with Crippen molar-refractivity contribution in [3.63, 3.8) is 0 Å². The quantitative estimate of drug-likeness (QED) is 0.168. The van der Waals surface area contributed by atoms with Gasteiger partial charge in [-0.25, -0.2) is 0 Å². The molecule has 2 aliphatic carbocycles. The summed E-state index contributed by atoms with van der Waals surface area (Å²) in [5.41, 5.74) is 15.3.